The molecule has 108 valence electrons. The Kier molecular flexibility index (Phi) is 5.12. The van der Waals surface area contributed by atoms with Gasteiger partial charge in [0.2, 0.25) is 0 Å². The maximum Gasteiger partial charge on any atom is 0.160 e. The van der Waals surface area contributed by atoms with Gasteiger partial charge >= 0.3 is 0 Å². The first-order chi connectivity index (χ1) is 9.67. The fourth-order valence-electron chi connectivity index (χ4n) is 2.07. The smallest absolute Gasteiger partial charge is 0.160 e. The molecule has 0 aliphatic heterocycles. The highest BCUT2D eigenvalue weighted by Crippen LogP contribution is 2.33. The molecule has 1 heterocycles. The monoisotopic (exact) mass is 338 g/mol. The van der Waals surface area contributed by atoms with Crippen LogP contribution < -0.4 is 9.47 Å². The van der Waals surface area contributed by atoms with Gasteiger partial charge in [0.05, 0.1) is 19.0 Å². The van der Waals surface area contributed by atoms with E-state index < -0.39 is 0 Å². The standard InChI is InChI=1S/C16H19BrO3/c1-4-12-6-8-14(20-12)13(17)9-11-5-7-15(18-2)16(10-11)19-3/h5-8,10,13H,4,9H2,1-3H3. The Morgan fingerprint density at radius 2 is 1.85 bits per heavy atom. The maximum atomic E-state index is 5.77. The number of furan rings is 1. The quantitative estimate of drug-likeness (QED) is 0.724. The van der Waals surface area contributed by atoms with E-state index in [0.29, 0.717) is 0 Å². The zero-order chi connectivity index (χ0) is 14.5. The molecule has 4 heteroatoms. The number of ether oxygens (including phenoxy) is 2. The molecule has 1 unspecified atom stereocenters. The van der Waals surface area contributed by atoms with E-state index in [9.17, 15) is 0 Å². The number of hydrogen-bond acceptors (Lipinski definition) is 3. The van der Waals surface area contributed by atoms with Crippen molar-refractivity contribution in [1.29, 1.82) is 0 Å². The molecule has 1 atom stereocenters. The number of methoxy groups -OCH3 is 2. The van der Waals surface area contributed by atoms with Gasteiger partial charge in [-0.1, -0.05) is 28.9 Å². The molecule has 0 bridgehead atoms. The van der Waals surface area contributed by atoms with Crippen LogP contribution in [0, 0.1) is 0 Å². The van der Waals surface area contributed by atoms with Crippen molar-refractivity contribution in [3.8, 4) is 11.5 Å². The number of benzene rings is 1. The average Bonchev–Trinajstić information content (AvgIpc) is 2.96. The second kappa shape index (κ2) is 6.84. The predicted molar refractivity (Wildman–Crippen MR) is 83.0 cm³/mol. The number of hydrogen-bond donors (Lipinski definition) is 0. The number of alkyl halides is 1. The lowest BCUT2D eigenvalue weighted by Crippen LogP contribution is -1.96. The van der Waals surface area contributed by atoms with Crippen LogP contribution in [0.25, 0.3) is 0 Å². The van der Waals surface area contributed by atoms with Crippen LogP contribution in [0.1, 0.15) is 28.8 Å². The Labute approximate surface area is 128 Å². The molecule has 0 fully saturated rings. The summed E-state index contributed by atoms with van der Waals surface area (Å²) < 4.78 is 16.3. The molecular formula is C16H19BrO3. The third-order valence-corrected chi connectivity index (χ3v) is 3.98. The molecule has 20 heavy (non-hydrogen) atoms. The van der Waals surface area contributed by atoms with Gasteiger partial charge in [0.1, 0.15) is 11.5 Å². The van der Waals surface area contributed by atoms with Crippen molar-refractivity contribution >= 4 is 15.9 Å². The van der Waals surface area contributed by atoms with Crippen LogP contribution >= 0.6 is 15.9 Å². The first-order valence-electron chi connectivity index (χ1n) is 6.61. The van der Waals surface area contributed by atoms with Gasteiger partial charge in [0, 0.05) is 6.42 Å². The highest BCUT2D eigenvalue weighted by Gasteiger charge is 2.14. The van der Waals surface area contributed by atoms with Crippen LogP contribution in [0.2, 0.25) is 0 Å². The topological polar surface area (TPSA) is 31.6 Å². The van der Waals surface area contributed by atoms with Gasteiger partial charge in [-0.05, 0) is 36.2 Å². The summed E-state index contributed by atoms with van der Waals surface area (Å²) in [5.74, 6) is 3.46. The van der Waals surface area contributed by atoms with Crippen molar-refractivity contribution < 1.29 is 13.9 Å². The lowest BCUT2D eigenvalue weighted by molar-refractivity contribution is 0.354. The third-order valence-electron chi connectivity index (χ3n) is 3.20. The molecule has 1 aromatic heterocycles. The van der Waals surface area contributed by atoms with Crippen molar-refractivity contribution in [3.05, 3.63) is 47.4 Å². The van der Waals surface area contributed by atoms with Crippen molar-refractivity contribution in [2.45, 2.75) is 24.6 Å². The second-order valence-electron chi connectivity index (χ2n) is 4.52. The Balaban J connectivity index is 2.12. The average molecular weight is 339 g/mol. The van der Waals surface area contributed by atoms with Gasteiger partial charge in [0.15, 0.2) is 11.5 Å². The van der Waals surface area contributed by atoms with Crippen LogP contribution in [0.15, 0.2) is 34.7 Å². The molecule has 1 aromatic carbocycles. The minimum Gasteiger partial charge on any atom is -0.493 e. The molecule has 0 aliphatic carbocycles. The van der Waals surface area contributed by atoms with Gasteiger partial charge in [-0.2, -0.15) is 0 Å². The number of halogens is 1. The minimum atomic E-state index is 0.154. The summed E-state index contributed by atoms with van der Waals surface area (Å²) in [6.07, 6.45) is 1.74. The van der Waals surface area contributed by atoms with Gasteiger partial charge in [-0.15, -0.1) is 0 Å². The second-order valence-corrected chi connectivity index (χ2v) is 5.62. The van der Waals surface area contributed by atoms with E-state index in [0.717, 1.165) is 35.9 Å². The Bertz CT molecular complexity index is 563. The van der Waals surface area contributed by atoms with Crippen LogP contribution in [-0.4, -0.2) is 14.2 Å². The van der Waals surface area contributed by atoms with E-state index in [4.69, 9.17) is 13.9 Å². The highest BCUT2D eigenvalue weighted by atomic mass is 79.9. The Morgan fingerprint density at radius 3 is 2.45 bits per heavy atom. The SMILES string of the molecule is CCc1ccc(C(Br)Cc2ccc(OC)c(OC)c2)o1. The summed E-state index contributed by atoms with van der Waals surface area (Å²) in [5, 5.41) is 0. The van der Waals surface area contributed by atoms with Crippen LogP contribution in [0.3, 0.4) is 0 Å². The summed E-state index contributed by atoms with van der Waals surface area (Å²) in [6, 6.07) is 10.0. The van der Waals surface area contributed by atoms with E-state index in [-0.39, 0.29) is 4.83 Å². The van der Waals surface area contributed by atoms with Gasteiger partial charge in [-0.25, -0.2) is 0 Å². The van der Waals surface area contributed by atoms with Crippen molar-refractivity contribution in [2.24, 2.45) is 0 Å². The van der Waals surface area contributed by atoms with Gasteiger partial charge in [-0.3, -0.25) is 0 Å². The molecule has 0 radical (unpaired) electrons. The summed E-state index contributed by atoms with van der Waals surface area (Å²) >= 11 is 3.68. The van der Waals surface area contributed by atoms with Crippen molar-refractivity contribution in [1.82, 2.24) is 0 Å². The Morgan fingerprint density at radius 1 is 1.10 bits per heavy atom. The molecular weight excluding hydrogens is 320 g/mol. The van der Waals surface area contributed by atoms with Crippen LogP contribution in [0.4, 0.5) is 0 Å². The zero-order valence-electron chi connectivity index (χ0n) is 12.0. The van der Waals surface area contributed by atoms with Gasteiger partial charge in [0.25, 0.3) is 0 Å². The summed E-state index contributed by atoms with van der Waals surface area (Å²) in [4.78, 5) is 0.154. The molecule has 2 rings (SSSR count). The van der Waals surface area contributed by atoms with E-state index in [2.05, 4.69) is 22.9 Å². The molecule has 0 spiro atoms. The third kappa shape index (κ3) is 3.37. The van der Waals surface area contributed by atoms with Crippen LogP contribution in [-0.2, 0) is 12.8 Å². The lowest BCUT2D eigenvalue weighted by atomic mass is 10.1. The Hall–Kier alpha value is -1.42. The normalized spacial score (nSPS) is 12.2. The number of rotatable bonds is 6. The molecule has 0 N–H and O–H groups in total. The zero-order valence-corrected chi connectivity index (χ0v) is 13.6. The van der Waals surface area contributed by atoms with E-state index in [1.165, 1.54) is 5.56 Å². The van der Waals surface area contributed by atoms with Gasteiger partial charge < -0.3 is 13.9 Å². The van der Waals surface area contributed by atoms with E-state index >= 15 is 0 Å². The van der Waals surface area contributed by atoms with Crippen molar-refractivity contribution in [2.75, 3.05) is 14.2 Å². The fraction of sp³-hybridized carbons (Fsp3) is 0.375. The summed E-state index contributed by atoms with van der Waals surface area (Å²) in [5.41, 5.74) is 1.17. The molecule has 0 aliphatic rings. The van der Waals surface area contributed by atoms with E-state index in [1.54, 1.807) is 14.2 Å². The molecule has 0 saturated carbocycles. The largest absolute Gasteiger partial charge is 0.493 e. The number of aryl methyl sites for hydroxylation is 1. The first-order valence-corrected chi connectivity index (χ1v) is 7.53. The summed E-state index contributed by atoms with van der Waals surface area (Å²) in [6.45, 7) is 2.08. The predicted octanol–water partition coefficient (Wildman–Crippen LogP) is 4.54. The van der Waals surface area contributed by atoms with E-state index in [1.807, 2.05) is 30.3 Å². The summed E-state index contributed by atoms with van der Waals surface area (Å²) in [7, 11) is 3.28. The fourth-order valence-corrected chi connectivity index (χ4v) is 2.69. The van der Waals surface area contributed by atoms with Crippen molar-refractivity contribution in [3.63, 3.8) is 0 Å². The molecule has 2 aromatic rings. The molecule has 0 amide bonds. The first kappa shape index (κ1) is 15.0. The molecule has 3 nitrogen and oxygen atoms in total. The molecule has 0 saturated heterocycles. The lowest BCUT2D eigenvalue weighted by Gasteiger charge is -2.11. The maximum absolute atomic E-state index is 5.77. The highest BCUT2D eigenvalue weighted by molar-refractivity contribution is 9.09. The van der Waals surface area contributed by atoms with Crippen LogP contribution in [0.5, 0.6) is 11.5 Å². The minimum absolute atomic E-state index is 0.154.